The van der Waals surface area contributed by atoms with Crippen molar-refractivity contribution < 1.29 is 9.90 Å². The van der Waals surface area contributed by atoms with Crippen LogP contribution in [0.15, 0.2) is 29.3 Å². The van der Waals surface area contributed by atoms with Gasteiger partial charge in [0.2, 0.25) is 0 Å². The molecule has 14 heavy (non-hydrogen) atoms. The number of hydrogen-bond donors (Lipinski definition) is 2. The van der Waals surface area contributed by atoms with E-state index in [0.29, 0.717) is 5.69 Å². The number of hydrogen-bond acceptors (Lipinski definition) is 3. The number of carboxylic acids is 1. The average Bonchev–Trinajstić information content (AvgIpc) is 2.16. The summed E-state index contributed by atoms with van der Waals surface area (Å²) in [7, 11) is 0. The second-order valence-corrected chi connectivity index (χ2v) is 2.92. The maximum Gasteiger partial charge on any atom is 0.328 e. The Hall–Kier alpha value is -1.84. The van der Waals surface area contributed by atoms with E-state index < -0.39 is 12.0 Å². The highest BCUT2D eigenvalue weighted by atomic mass is 16.4. The van der Waals surface area contributed by atoms with Crippen molar-refractivity contribution in [1.82, 2.24) is 0 Å². The molecule has 0 aliphatic carbocycles. The van der Waals surface area contributed by atoms with Gasteiger partial charge in [-0.1, -0.05) is 18.2 Å². The fourth-order valence-electron chi connectivity index (χ4n) is 0.884. The molecule has 0 amide bonds. The van der Waals surface area contributed by atoms with Crippen molar-refractivity contribution in [2.75, 3.05) is 5.73 Å². The summed E-state index contributed by atoms with van der Waals surface area (Å²) in [5.74, 6) is -0.948. The van der Waals surface area contributed by atoms with Crippen LogP contribution in [0, 0.1) is 0 Å². The summed E-state index contributed by atoms with van der Waals surface area (Å²) in [6.45, 7) is 1.51. The topological polar surface area (TPSA) is 75.7 Å². The van der Waals surface area contributed by atoms with Crippen molar-refractivity contribution in [1.29, 1.82) is 0 Å². The first-order valence-electron chi connectivity index (χ1n) is 4.21. The van der Waals surface area contributed by atoms with Crippen LogP contribution in [0.1, 0.15) is 12.5 Å². The number of para-hydroxylation sites is 1. The average molecular weight is 192 g/mol. The highest BCUT2D eigenvalue weighted by molar-refractivity contribution is 5.88. The molecule has 0 radical (unpaired) electrons. The maximum absolute atomic E-state index is 10.5. The molecule has 4 heteroatoms. The van der Waals surface area contributed by atoms with Crippen LogP contribution < -0.4 is 5.73 Å². The lowest BCUT2D eigenvalue weighted by Gasteiger charge is -2.00. The Bertz CT molecular complexity index is 361. The SMILES string of the molecule is CC(N=Cc1ccccc1N)C(=O)O. The number of carbonyl (C=O) groups is 1. The summed E-state index contributed by atoms with van der Waals surface area (Å²) in [6.07, 6.45) is 1.48. The predicted molar refractivity (Wildman–Crippen MR) is 55.5 cm³/mol. The van der Waals surface area contributed by atoms with E-state index >= 15 is 0 Å². The summed E-state index contributed by atoms with van der Waals surface area (Å²) in [5, 5.41) is 8.58. The first kappa shape index (κ1) is 10.2. The number of anilines is 1. The van der Waals surface area contributed by atoms with Gasteiger partial charge in [-0.15, -0.1) is 0 Å². The molecule has 0 bridgehead atoms. The molecular weight excluding hydrogens is 180 g/mol. The Kier molecular flexibility index (Phi) is 3.23. The zero-order chi connectivity index (χ0) is 10.6. The van der Waals surface area contributed by atoms with E-state index in [9.17, 15) is 4.79 Å². The van der Waals surface area contributed by atoms with E-state index in [1.807, 2.05) is 12.1 Å². The van der Waals surface area contributed by atoms with E-state index in [-0.39, 0.29) is 0 Å². The van der Waals surface area contributed by atoms with Crippen LogP contribution in [0.2, 0.25) is 0 Å². The largest absolute Gasteiger partial charge is 0.480 e. The van der Waals surface area contributed by atoms with E-state index in [1.54, 1.807) is 12.1 Å². The van der Waals surface area contributed by atoms with Gasteiger partial charge in [-0.05, 0) is 13.0 Å². The normalized spacial score (nSPS) is 12.9. The number of nitrogens with two attached hydrogens (primary N) is 1. The fourth-order valence-corrected chi connectivity index (χ4v) is 0.884. The Labute approximate surface area is 82.1 Å². The molecule has 1 unspecified atom stereocenters. The minimum atomic E-state index is -0.948. The standard InChI is InChI=1S/C10H12N2O2/c1-7(10(13)14)12-6-8-4-2-3-5-9(8)11/h2-7H,11H2,1H3,(H,13,14). The number of benzene rings is 1. The molecule has 0 aromatic heterocycles. The zero-order valence-electron chi connectivity index (χ0n) is 7.84. The molecule has 0 fully saturated rings. The quantitative estimate of drug-likeness (QED) is 0.557. The minimum Gasteiger partial charge on any atom is -0.480 e. The number of carboxylic acid groups (broad SMARTS) is 1. The number of aliphatic imine (C=N–C) groups is 1. The lowest BCUT2D eigenvalue weighted by atomic mass is 10.2. The summed E-state index contributed by atoms with van der Waals surface area (Å²) in [4.78, 5) is 14.3. The predicted octanol–water partition coefficient (Wildman–Crippen LogP) is 1.16. The van der Waals surface area contributed by atoms with Crippen molar-refractivity contribution in [2.24, 2.45) is 4.99 Å². The van der Waals surface area contributed by atoms with Gasteiger partial charge < -0.3 is 10.8 Å². The third-order valence-electron chi connectivity index (χ3n) is 1.79. The van der Waals surface area contributed by atoms with Gasteiger partial charge in [-0.25, -0.2) is 4.79 Å². The van der Waals surface area contributed by atoms with Crippen LogP contribution in [0.4, 0.5) is 5.69 Å². The lowest BCUT2D eigenvalue weighted by Crippen LogP contribution is -2.13. The van der Waals surface area contributed by atoms with Gasteiger partial charge in [0.15, 0.2) is 0 Å². The van der Waals surface area contributed by atoms with Gasteiger partial charge in [0, 0.05) is 17.5 Å². The molecule has 0 aliphatic rings. The van der Waals surface area contributed by atoms with E-state index in [1.165, 1.54) is 13.1 Å². The third kappa shape index (κ3) is 2.58. The molecule has 1 aromatic carbocycles. The third-order valence-corrected chi connectivity index (χ3v) is 1.79. The van der Waals surface area contributed by atoms with Gasteiger partial charge >= 0.3 is 5.97 Å². The van der Waals surface area contributed by atoms with Crippen LogP contribution in [-0.4, -0.2) is 23.3 Å². The van der Waals surface area contributed by atoms with Crippen molar-refractivity contribution >= 4 is 17.9 Å². The number of nitrogens with zero attached hydrogens (tertiary/aromatic N) is 1. The Balaban J connectivity index is 2.78. The van der Waals surface area contributed by atoms with Crippen molar-refractivity contribution in [3.8, 4) is 0 Å². The Morgan fingerprint density at radius 3 is 2.79 bits per heavy atom. The molecule has 0 heterocycles. The van der Waals surface area contributed by atoms with Crippen molar-refractivity contribution in [3.05, 3.63) is 29.8 Å². The van der Waals surface area contributed by atoms with Gasteiger partial charge in [-0.3, -0.25) is 4.99 Å². The molecular formula is C10H12N2O2. The molecule has 0 spiro atoms. The van der Waals surface area contributed by atoms with E-state index in [4.69, 9.17) is 10.8 Å². The first-order chi connectivity index (χ1) is 6.61. The summed E-state index contributed by atoms with van der Waals surface area (Å²) < 4.78 is 0. The molecule has 1 rings (SSSR count). The number of nitrogen functional groups attached to an aromatic ring is 1. The highest BCUT2D eigenvalue weighted by Gasteiger charge is 2.06. The second-order valence-electron chi connectivity index (χ2n) is 2.92. The first-order valence-corrected chi connectivity index (χ1v) is 4.21. The minimum absolute atomic E-state index is 0.592. The van der Waals surface area contributed by atoms with Crippen molar-refractivity contribution in [3.63, 3.8) is 0 Å². The van der Waals surface area contributed by atoms with Crippen LogP contribution in [0.5, 0.6) is 0 Å². The number of aliphatic carboxylic acids is 1. The molecule has 3 N–H and O–H groups in total. The molecule has 0 saturated carbocycles. The lowest BCUT2D eigenvalue weighted by molar-refractivity contribution is -0.137. The van der Waals surface area contributed by atoms with Gasteiger partial charge in [0.05, 0.1) is 0 Å². The summed E-state index contributed by atoms with van der Waals surface area (Å²) in [5.41, 5.74) is 6.97. The smallest absolute Gasteiger partial charge is 0.328 e. The van der Waals surface area contributed by atoms with Gasteiger partial charge in [0.25, 0.3) is 0 Å². The molecule has 1 aromatic rings. The molecule has 74 valence electrons. The van der Waals surface area contributed by atoms with Gasteiger partial charge in [-0.2, -0.15) is 0 Å². The fraction of sp³-hybridized carbons (Fsp3) is 0.200. The molecule has 4 nitrogen and oxygen atoms in total. The van der Waals surface area contributed by atoms with Crippen LogP contribution >= 0.6 is 0 Å². The molecule has 1 atom stereocenters. The Morgan fingerprint density at radius 1 is 1.57 bits per heavy atom. The van der Waals surface area contributed by atoms with Gasteiger partial charge in [0.1, 0.15) is 6.04 Å². The van der Waals surface area contributed by atoms with E-state index in [2.05, 4.69) is 4.99 Å². The molecule has 0 aliphatic heterocycles. The zero-order valence-corrected chi connectivity index (χ0v) is 7.84. The van der Waals surface area contributed by atoms with Crippen LogP contribution in [0.25, 0.3) is 0 Å². The maximum atomic E-state index is 10.5. The van der Waals surface area contributed by atoms with Crippen molar-refractivity contribution in [2.45, 2.75) is 13.0 Å². The Morgan fingerprint density at radius 2 is 2.21 bits per heavy atom. The summed E-state index contributed by atoms with van der Waals surface area (Å²) in [6, 6.07) is 6.42. The monoisotopic (exact) mass is 192 g/mol. The van der Waals surface area contributed by atoms with Crippen LogP contribution in [0.3, 0.4) is 0 Å². The molecule has 0 saturated heterocycles. The van der Waals surface area contributed by atoms with E-state index in [0.717, 1.165) is 5.56 Å². The summed E-state index contributed by atoms with van der Waals surface area (Å²) >= 11 is 0. The van der Waals surface area contributed by atoms with Crippen LogP contribution in [-0.2, 0) is 4.79 Å². The number of rotatable bonds is 3. The highest BCUT2D eigenvalue weighted by Crippen LogP contribution is 2.07. The second kappa shape index (κ2) is 4.41.